The SMILES string of the molecule is CCCOc1ccccc1NC(=O)CCNS(=O)(=O)c1ccc(F)c(F)c1. The van der Waals surface area contributed by atoms with Gasteiger partial charge in [-0.1, -0.05) is 19.1 Å². The van der Waals surface area contributed by atoms with Crippen LogP contribution < -0.4 is 14.8 Å². The first kappa shape index (κ1) is 20.8. The smallest absolute Gasteiger partial charge is 0.240 e. The van der Waals surface area contributed by atoms with Gasteiger partial charge in [-0.2, -0.15) is 0 Å². The van der Waals surface area contributed by atoms with Crippen molar-refractivity contribution in [1.29, 1.82) is 0 Å². The van der Waals surface area contributed by atoms with Gasteiger partial charge in [0.05, 0.1) is 17.2 Å². The quantitative estimate of drug-likeness (QED) is 0.680. The van der Waals surface area contributed by atoms with Crippen molar-refractivity contribution in [1.82, 2.24) is 4.72 Å². The van der Waals surface area contributed by atoms with Gasteiger partial charge in [0.2, 0.25) is 15.9 Å². The van der Waals surface area contributed by atoms with Crippen molar-refractivity contribution in [3.05, 3.63) is 54.1 Å². The molecule has 0 bridgehead atoms. The summed E-state index contributed by atoms with van der Waals surface area (Å²) in [6.45, 7) is 2.26. The second-order valence-electron chi connectivity index (χ2n) is 5.62. The van der Waals surface area contributed by atoms with Crippen LogP contribution in [0.5, 0.6) is 5.75 Å². The Kier molecular flexibility index (Phi) is 7.26. The molecule has 2 aromatic carbocycles. The molecular weight excluding hydrogens is 378 g/mol. The lowest BCUT2D eigenvalue weighted by molar-refractivity contribution is -0.116. The van der Waals surface area contributed by atoms with Crippen LogP contribution in [0.1, 0.15) is 19.8 Å². The van der Waals surface area contributed by atoms with Crippen LogP contribution in [0.25, 0.3) is 0 Å². The van der Waals surface area contributed by atoms with Gasteiger partial charge in [-0.25, -0.2) is 21.9 Å². The van der Waals surface area contributed by atoms with Gasteiger partial charge in [0, 0.05) is 13.0 Å². The molecule has 2 rings (SSSR count). The minimum Gasteiger partial charge on any atom is -0.491 e. The number of benzene rings is 2. The standard InChI is InChI=1S/C18H20F2N2O4S/c1-2-11-26-17-6-4-3-5-16(17)22-18(23)9-10-21-27(24,25)13-7-8-14(19)15(20)12-13/h3-8,12,21H,2,9-11H2,1H3,(H,22,23). The highest BCUT2D eigenvalue weighted by molar-refractivity contribution is 7.89. The van der Waals surface area contributed by atoms with Crippen molar-refractivity contribution in [2.24, 2.45) is 0 Å². The maximum absolute atomic E-state index is 13.2. The van der Waals surface area contributed by atoms with Gasteiger partial charge in [-0.05, 0) is 36.8 Å². The Bertz CT molecular complexity index is 904. The van der Waals surface area contributed by atoms with Crippen LogP contribution in [0.4, 0.5) is 14.5 Å². The second-order valence-corrected chi connectivity index (χ2v) is 7.38. The van der Waals surface area contributed by atoms with Crippen LogP contribution in [-0.4, -0.2) is 27.5 Å². The molecular formula is C18H20F2N2O4S. The van der Waals surface area contributed by atoms with Crippen LogP contribution in [0.3, 0.4) is 0 Å². The molecule has 2 N–H and O–H groups in total. The topological polar surface area (TPSA) is 84.5 Å². The molecule has 0 radical (unpaired) electrons. The molecule has 0 aliphatic heterocycles. The number of para-hydroxylation sites is 2. The highest BCUT2D eigenvalue weighted by Crippen LogP contribution is 2.24. The monoisotopic (exact) mass is 398 g/mol. The van der Waals surface area contributed by atoms with Crippen molar-refractivity contribution in [2.75, 3.05) is 18.5 Å². The van der Waals surface area contributed by atoms with Gasteiger partial charge in [0.25, 0.3) is 0 Å². The number of nitrogens with one attached hydrogen (secondary N) is 2. The molecule has 0 fully saturated rings. The molecule has 146 valence electrons. The normalized spacial score (nSPS) is 11.2. The number of hydrogen-bond donors (Lipinski definition) is 2. The number of halogens is 2. The highest BCUT2D eigenvalue weighted by Gasteiger charge is 2.17. The van der Waals surface area contributed by atoms with Crippen LogP contribution in [-0.2, 0) is 14.8 Å². The lowest BCUT2D eigenvalue weighted by Crippen LogP contribution is -2.28. The summed E-state index contributed by atoms with van der Waals surface area (Å²) in [5.74, 6) is -2.30. The second kappa shape index (κ2) is 9.43. The van der Waals surface area contributed by atoms with Gasteiger partial charge < -0.3 is 10.1 Å². The fraction of sp³-hybridized carbons (Fsp3) is 0.278. The number of carbonyl (C=O) groups excluding carboxylic acids is 1. The Morgan fingerprint density at radius 2 is 1.85 bits per heavy atom. The van der Waals surface area contributed by atoms with Crippen LogP contribution in [0.2, 0.25) is 0 Å². The summed E-state index contributed by atoms with van der Waals surface area (Å²) in [5, 5.41) is 2.65. The average Bonchev–Trinajstić information content (AvgIpc) is 2.63. The van der Waals surface area contributed by atoms with Crippen LogP contribution in [0.15, 0.2) is 47.4 Å². The third-order valence-electron chi connectivity index (χ3n) is 3.47. The summed E-state index contributed by atoms with van der Waals surface area (Å²) in [4.78, 5) is 11.6. The van der Waals surface area contributed by atoms with Crippen molar-refractivity contribution >= 4 is 21.6 Å². The van der Waals surface area contributed by atoms with Crippen LogP contribution >= 0.6 is 0 Å². The Balaban J connectivity index is 1.91. The number of amides is 1. The lowest BCUT2D eigenvalue weighted by atomic mass is 10.2. The van der Waals surface area contributed by atoms with Gasteiger partial charge in [0.1, 0.15) is 5.75 Å². The number of anilines is 1. The number of rotatable bonds is 9. The molecule has 9 heteroatoms. The van der Waals surface area contributed by atoms with Crippen molar-refractivity contribution in [3.63, 3.8) is 0 Å². The summed E-state index contributed by atoms with van der Waals surface area (Å²) in [6.07, 6.45) is 0.666. The minimum absolute atomic E-state index is 0.148. The summed E-state index contributed by atoms with van der Waals surface area (Å²) >= 11 is 0. The predicted molar refractivity (Wildman–Crippen MR) is 97.0 cm³/mol. The van der Waals surface area contributed by atoms with Gasteiger partial charge in [-0.3, -0.25) is 4.79 Å². The lowest BCUT2D eigenvalue weighted by Gasteiger charge is -2.12. The van der Waals surface area contributed by atoms with E-state index < -0.39 is 32.5 Å². The highest BCUT2D eigenvalue weighted by atomic mass is 32.2. The van der Waals surface area contributed by atoms with E-state index in [0.29, 0.717) is 24.1 Å². The molecule has 27 heavy (non-hydrogen) atoms. The summed E-state index contributed by atoms with van der Waals surface area (Å²) < 4.78 is 57.9. The maximum atomic E-state index is 13.2. The van der Waals surface area contributed by atoms with Crippen molar-refractivity contribution in [2.45, 2.75) is 24.7 Å². The number of sulfonamides is 1. The number of carbonyl (C=O) groups is 1. The summed E-state index contributed by atoms with van der Waals surface area (Å²) in [6, 6.07) is 9.16. The first-order chi connectivity index (χ1) is 12.8. The molecule has 2 aromatic rings. The van der Waals surface area contributed by atoms with E-state index in [2.05, 4.69) is 10.0 Å². The molecule has 6 nitrogen and oxygen atoms in total. The Hall–Kier alpha value is -2.52. The zero-order valence-corrected chi connectivity index (χ0v) is 15.5. The molecule has 0 aliphatic carbocycles. The first-order valence-electron chi connectivity index (χ1n) is 8.30. The fourth-order valence-corrected chi connectivity index (χ4v) is 3.19. The molecule has 0 aromatic heterocycles. The number of ether oxygens (including phenoxy) is 1. The average molecular weight is 398 g/mol. The van der Waals surface area contributed by atoms with E-state index in [9.17, 15) is 22.0 Å². The van der Waals surface area contributed by atoms with Crippen LogP contribution in [0, 0.1) is 11.6 Å². The fourth-order valence-electron chi connectivity index (χ4n) is 2.15. The van der Waals surface area contributed by atoms with Crippen molar-refractivity contribution < 1.29 is 26.7 Å². The minimum atomic E-state index is -4.05. The Morgan fingerprint density at radius 1 is 1.11 bits per heavy atom. The zero-order chi connectivity index (χ0) is 19.9. The third-order valence-corrected chi connectivity index (χ3v) is 4.93. The van der Waals surface area contributed by atoms with Gasteiger partial charge in [0.15, 0.2) is 11.6 Å². The molecule has 0 heterocycles. The van der Waals surface area contributed by atoms with E-state index in [1.165, 1.54) is 0 Å². The largest absolute Gasteiger partial charge is 0.491 e. The Labute approximate surface area is 156 Å². The third kappa shape index (κ3) is 6.00. The van der Waals surface area contributed by atoms with E-state index in [0.717, 1.165) is 18.6 Å². The molecule has 0 spiro atoms. The van der Waals surface area contributed by atoms with Gasteiger partial charge in [-0.15, -0.1) is 0 Å². The van der Waals surface area contributed by atoms with E-state index in [1.54, 1.807) is 24.3 Å². The van der Waals surface area contributed by atoms with E-state index in [-0.39, 0.29) is 13.0 Å². The first-order valence-corrected chi connectivity index (χ1v) is 9.78. The molecule has 1 amide bonds. The van der Waals surface area contributed by atoms with E-state index in [1.807, 2.05) is 6.92 Å². The van der Waals surface area contributed by atoms with E-state index >= 15 is 0 Å². The molecule has 0 aliphatic rings. The maximum Gasteiger partial charge on any atom is 0.240 e. The van der Waals surface area contributed by atoms with Crippen molar-refractivity contribution in [3.8, 4) is 5.75 Å². The summed E-state index contributed by atoms with van der Waals surface area (Å²) in [7, 11) is -4.05. The molecule has 0 saturated heterocycles. The molecule has 0 saturated carbocycles. The number of hydrogen-bond acceptors (Lipinski definition) is 4. The summed E-state index contributed by atoms with van der Waals surface area (Å²) in [5.41, 5.74) is 0.486. The molecule has 0 unspecified atom stereocenters. The Morgan fingerprint density at radius 3 is 2.56 bits per heavy atom. The predicted octanol–water partition coefficient (Wildman–Crippen LogP) is 3.06. The zero-order valence-electron chi connectivity index (χ0n) is 14.7. The van der Waals surface area contributed by atoms with E-state index in [4.69, 9.17) is 4.74 Å². The van der Waals surface area contributed by atoms with Gasteiger partial charge >= 0.3 is 0 Å². The molecule has 0 atom stereocenters.